The largest absolute Gasteiger partial charge is 0.497 e. The number of likely N-dealkylation sites (tertiary alicyclic amines) is 1. The lowest BCUT2D eigenvalue weighted by molar-refractivity contribution is -0.135. The number of benzene rings is 4. The predicted octanol–water partition coefficient (Wildman–Crippen LogP) is 4.04. The third kappa shape index (κ3) is 6.85. The maximum atomic E-state index is 13.7. The molecule has 4 aromatic rings. The topological polar surface area (TPSA) is 129 Å². The molecule has 4 aromatic carbocycles. The molecule has 10 heteroatoms. The summed E-state index contributed by atoms with van der Waals surface area (Å²) < 4.78 is 35.2. The van der Waals surface area contributed by atoms with Gasteiger partial charge in [0.05, 0.1) is 29.6 Å². The lowest BCUT2D eigenvalue weighted by Gasteiger charge is -2.24. The average molecular weight is 597 g/mol. The minimum atomic E-state index is -4.21. The molecule has 2 N–H and O–H groups in total. The van der Waals surface area contributed by atoms with Crippen molar-refractivity contribution in [3.8, 4) is 11.8 Å². The van der Waals surface area contributed by atoms with Crippen LogP contribution in [-0.4, -0.2) is 44.8 Å². The van der Waals surface area contributed by atoms with Gasteiger partial charge >= 0.3 is 0 Å². The lowest BCUT2D eigenvalue weighted by Crippen LogP contribution is -2.52. The molecule has 1 aliphatic heterocycles. The molecule has 1 aliphatic rings. The molecule has 0 bridgehead atoms. The maximum Gasteiger partial charge on any atom is 0.241 e. The van der Waals surface area contributed by atoms with Crippen molar-refractivity contribution in [2.24, 2.45) is 5.92 Å². The number of hydrogen-bond donors (Lipinski definition) is 2. The molecular weight excluding hydrogens is 564 g/mol. The van der Waals surface area contributed by atoms with Gasteiger partial charge in [-0.1, -0.05) is 54.1 Å². The third-order valence-corrected chi connectivity index (χ3v) is 9.09. The Hall–Kier alpha value is -4.72. The molecule has 220 valence electrons. The van der Waals surface area contributed by atoms with Crippen LogP contribution in [0.5, 0.6) is 5.75 Å². The number of sulfonamides is 1. The number of methoxy groups -OCH3 is 1. The van der Waals surface area contributed by atoms with Crippen molar-refractivity contribution < 1.29 is 22.7 Å². The quantitative estimate of drug-likeness (QED) is 0.284. The minimum Gasteiger partial charge on any atom is -0.497 e. The molecule has 0 saturated carbocycles. The Bertz CT molecular complexity index is 1820. The number of ether oxygens (including phenoxy) is 1. The number of nitriles is 1. The molecule has 2 amide bonds. The monoisotopic (exact) mass is 596 g/mol. The van der Waals surface area contributed by atoms with Crippen molar-refractivity contribution in [2.75, 3.05) is 13.7 Å². The smallest absolute Gasteiger partial charge is 0.241 e. The standard InChI is InChI=1S/C33H32N4O5S/c1-22-6-8-23(9-7-22)20-35-32(38)31(30-14-15-37(33(30)39)21-25-5-3-4-24(16-25)19-34)36-43(40,41)29-13-11-26-10-12-28(42-2)17-27(26)18-29/h3-13,16-18,30-31,36H,14-15,20-21H2,1-2H3,(H,35,38)/t30-,31?/m0/s1. The molecular formula is C33H32N4O5S. The van der Waals surface area contributed by atoms with E-state index in [1.54, 1.807) is 41.3 Å². The van der Waals surface area contributed by atoms with E-state index in [2.05, 4.69) is 16.1 Å². The van der Waals surface area contributed by atoms with E-state index in [0.29, 0.717) is 23.2 Å². The van der Waals surface area contributed by atoms with Crippen molar-refractivity contribution in [3.63, 3.8) is 0 Å². The second-order valence-electron chi connectivity index (χ2n) is 10.6. The summed E-state index contributed by atoms with van der Waals surface area (Å²) in [5.41, 5.74) is 3.18. The summed E-state index contributed by atoms with van der Waals surface area (Å²) in [7, 11) is -2.68. The summed E-state index contributed by atoms with van der Waals surface area (Å²) >= 11 is 0. The first-order chi connectivity index (χ1) is 20.7. The van der Waals surface area contributed by atoms with Crippen molar-refractivity contribution in [2.45, 2.75) is 37.4 Å². The van der Waals surface area contributed by atoms with E-state index in [1.165, 1.54) is 19.2 Å². The zero-order chi connectivity index (χ0) is 30.6. The van der Waals surface area contributed by atoms with Crippen LogP contribution in [0.3, 0.4) is 0 Å². The number of aryl methyl sites for hydroxylation is 1. The van der Waals surface area contributed by atoms with E-state index in [-0.39, 0.29) is 30.3 Å². The van der Waals surface area contributed by atoms with E-state index in [0.717, 1.165) is 22.1 Å². The number of carbonyl (C=O) groups is 2. The molecule has 2 atom stereocenters. The van der Waals surface area contributed by atoms with Gasteiger partial charge in [-0.15, -0.1) is 0 Å². The van der Waals surface area contributed by atoms with E-state index >= 15 is 0 Å². The number of rotatable bonds is 10. The Labute approximate surface area is 251 Å². The van der Waals surface area contributed by atoms with Crippen LogP contribution in [-0.2, 0) is 32.7 Å². The SMILES string of the molecule is COc1ccc2ccc(S(=O)(=O)NC(C(=O)NCc3ccc(C)cc3)[C@@H]3CCN(Cc4cccc(C#N)c4)C3=O)cc2c1. The molecule has 1 fully saturated rings. The highest BCUT2D eigenvalue weighted by atomic mass is 32.2. The lowest BCUT2D eigenvalue weighted by atomic mass is 9.98. The average Bonchev–Trinajstić information content (AvgIpc) is 3.37. The Morgan fingerprint density at radius 3 is 2.53 bits per heavy atom. The summed E-state index contributed by atoms with van der Waals surface area (Å²) in [4.78, 5) is 28.8. The highest BCUT2D eigenvalue weighted by Crippen LogP contribution is 2.27. The van der Waals surface area contributed by atoms with Crippen LogP contribution in [0, 0.1) is 24.2 Å². The second-order valence-corrected chi connectivity index (χ2v) is 12.4. The van der Waals surface area contributed by atoms with Crippen LogP contribution >= 0.6 is 0 Å². The van der Waals surface area contributed by atoms with Crippen molar-refractivity contribution in [3.05, 3.63) is 107 Å². The van der Waals surface area contributed by atoms with Gasteiger partial charge in [0.1, 0.15) is 11.8 Å². The van der Waals surface area contributed by atoms with Gasteiger partial charge in [0, 0.05) is 19.6 Å². The summed E-state index contributed by atoms with van der Waals surface area (Å²) in [5, 5.41) is 13.5. The summed E-state index contributed by atoms with van der Waals surface area (Å²) in [5.74, 6) is -1.24. The van der Waals surface area contributed by atoms with E-state index < -0.39 is 27.9 Å². The molecule has 0 spiro atoms. The van der Waals surface area contributed by atoms with Gasteiger partial charge in [-0.3, -0.25) is 9.59 Å². The van der Waals surface area contributed by atoms with E-state index in [9.17, 15) is 23.3 Å². The van der Waals surface area contributed by atoms with E-state index in [4.69, 9.17) is 4.74 Å². The summed E-state index contributed by atoms with van der Waals surface area (Å²) in [6, 6.07) is 25.4. The number of amides is 2. The van der Waals surface area contributed by atoms with Gasteiger partial charge in [0.15, 0.2) is 0 Å². The second kappa shape index (κ2) is 12.7. The number of hydrogen-bond acceptors (Lipinski definition) is 6. The fourth-order valence-corrected chi connectivity index (χ4v) is 6.52. The highest BCUT2D eigenvalue weighted by molar-refractivity contribution is 7.89. The maximum absolute atomic E-state index is 13.7. The molecule has 0 aromatic heterocycles. The molecule has 1 unspecified atom stereocenters. The number of nitrogens with one attached hydrogen (secondary N) is 2. The number of nitrogens with zero attached hydrogens (tertiary/aromatic N) is 2. The van der Waals surface area contributed by atoms with Gasteiger partial charge in [-0.2, -0.15) is 9.98 Å². The normalized spacial score (nSPS) is 15.7. The van der Waals surface area contributed by atoms with Gasteiger partial charge in [0.2, 0.25) is 21.8 Å². The van der Waals surface area contributed by atoms with Gasteiger partial charge in [0.25, 0.3) is 0 Å². The van der Waals surface area contributed by atoms with Gasteiger partial charge in [-0.05, 0) is 71.6 Å². The predicted molar refractivity (Wildman–Crippen MR) is 162 cm³/mol. The third-order valence-electron chi connectivity index (χ3n) is 7.65. The Balaban J connectivity index is 1.41. The first-order valence-corrected chi connectivity index (χ1v) is 15.4. The van der Waals surface area contributed by atoms with Gasteiger partial charge < -0.3 is 15.0 Å². The Morgan fingerprint density at radius 2 is 1.79 bits per heavy atom. The molecule has 0 radical (unpaired) electrons. The van der Waals surface area contributed by atoms with Crippen LogP contribution < -0.4 is 14.8 Å². The van der Waals surface area contributed by atoms with Crippen LogP contribution in [0.4, 0.5) is 0 Å². The zero-order valence-corrected chi connectivity index (χ0v) is 24.7. The first-order valence-electron chi connectivity index (χ1n) is 13.9. The molecule has 1 heterocycles. The summed E-state index contributed by atoms with van der Waals surface area (Å²) in [6.45, 7) is 2.74. The van der Waals surface area contributed by atoms with Crippen LogP contribution in [0.1, 0.15) is 28.7 Å². The van der Waals surface area contributed by atoms with Crippen LogP contribution in [0.25, 0.3) is 10.8 Å². The van der Waals surface area contributed by atoms with Crippen molar-refractivity contribution in [1.82, 2.24) is 14.9 Å². The highest BCUT2D eigenvalue weighted by Gasteiger charge is 2.42. The molecule has 5 rings (SSSR count). The van der Waals surface area contributed by atoms with E-state index in [1.807, 2.05) is 43.3 Å². The molecule has 0 aliphatic carbocycles. The fraction of sp³-hybridized carbons (Fsp3) is 0.242. The molecule has 1 saturated heterocycles. The summed E-state index contributed by atoms with van der Waals surface area (Å²) in [6.07, 6.45) is 0.289. The first kappa shape index (κ1) is 29.8. The fourth-order valence-electron chi connectivity index (χ4n) is 5.24. The number of fused-ring (bicyclic) bond motifs is 1. The zero-order valence-electron chi connectivity index (χ0n) is 23.9. The molecule has 43 heavy (non-hydrogen) atoms. The number of carbonyl (C=O) groups excluding carboxylic acids is 2. The molecule has 9 nitrogen and oxygen atoms in total. The van der Waals surface area contributed by atoms with Crippen LogP contribution in [0.2, 0.25) is 0 Å². The minimum absolute atomic E-state index is 0.0276. The van der Waals surface area contributed by atoms with Crippen molar-refractivity contribution in [1.29, 1.82) is 5.26 Å². The van der Waals surface area contributed by atoms with Crippen LogP contribution in [0.15, 0.2) is 89.8 Å². The van der Waals surface area contributed by atoms with Gasteiger partial charge in [-0.25, -0.2) is 8.42 Å². The Kier molecular flexibility index (Phi) is 8.76. The Morgan fingerprint density at radius 1 is 1.02 bits per heavy atom. The van der Waals surface area contributed by atoms with Crippen molar-refractivity contribution >= 4 is 32.6 Å².